The number of likely N-dealkylation sites (N-methyl/N-ethyl adjacent to an activating group) is 1. The molecule has 0 aromatic heterocycles. The number of carbonyl (C=O) groups is 1. The van der Waals surface area contributed by atoms with Crippen LogP contribution in [0.25, 0.3) is 10.8 Å². The Kier molecular flexibility index (Phi) is 6.12. The third-order valence-electron chi connectivity index (χ3n) is 6.10. The van der Waals surface area contributed by atoms with Crippen molar-refractivity contribution >= 4 is 28.3 Å². The smallest absolute Gasteiger partial charge is 0.237 e. The van der Waals surface area contributed by atoms with Gasteiger partial charge in [-0.15, -0.1) is 0 Å². The van der Waals surface area contributed by atoms with Crippen LogP contribution in [0.1, 0.15) is 42.5 Å². The number of fused-ring (bicyclic) bond motifs is 1. The van der Waals surface area contributed by atoms with E-state index in [-0.39, 0.29) is 11.9 Å². The van der Waals surface area contributed by atoms with Crippen LogP contribution in [0.15, 0.2) is 60.7 Å². The average molecular weight is 421 g/mol. The zero-order valence-corrected chi connectivity index (χ0v) is 18.7. The van der Waals surface area contributed by atoms with Gasteiger partial charge < -0.3 is 4.90 Å². The second-order valence-electron chi connectivity index (χ2n) is 8.65. The molecule has 0 radical (unpaired) electrons. The summed E-state index contributed by atoms with van der Waals surface area (Å²) in [6, 6.07) is 21.2. The largest absolute Gasteiger partial charge is 0.333 e. The second kappa shape index (κ2) is 8.79. The fourth-order valence-electron chi connectivity index (χ4n) is 4.51. The van der Waals surface area contributed by atoms with E-state index in [9.17, 15) is 4.79 Å². The number of piperazine rings is 1. The molecule has 1 aliphatic heterocycles. The summed E-state index contributed by atoms with van der Waals surface area (Å²) in [4.78, 5) is 17.2. The third-order valence-corrected chi connectivity index (χ3v) is 6.33. The molecule has 1 fully saturated rings. The highest BCUT2D eigenvalue weighted by molar-refractivity contribution is 6.30. The molecule has 1 saturated heterocycles. The van der Waals surface area contributed by atoms with Crippen LogP contribution in [0.3, 0.4) is 0 Å². The molecule has 4 rings (SSSR count). The highest BCUT2D eigenvalue weighted by Gasteiger charge is 2.32. The summed E-state index contributed by atoms with van der Waals surface area (Å²) in [5.41, 5.74) is 3.75. The quantitative estimate of drug-likeness (QED) is 0.530. The Bertz CT molecular complexity index is 1060. The van der Waals surface area contributed by atoms with Gasteiger partial charge in [-0.1, -0.05) is 67.9 Å². The number of rotatable bonds is 5. The van der Waals surface area contributed by atoms with Gasteiger partial charge in [-0.25, -0.2) is 0 Å². The van der Waals surface area contributed by atoms with Gasteiger partial charge in [0.2, 0.25) is 5.91 Å². The van der Waals surface area contributed by atoms with Gasteiger partial charge in [0.1, 0.15) is 0 Å². The van der Waals surface area contributed by atoms with Crippen LogP contribution in [0, 0.1) is 0 Å². The summed E-state index contributed by atoms with van der Waals surface area (Å²) in [5.74, 6) is 0.597. The fourth-order valence-corrected chi connectivity index (χ4v) is 4.69. The predicted octanol–water partition coefficient (Wildman–Crippen LogP) is 5.67. The van der Waals surface area contributed by atoms with Crippen molar-refractivity contribution in [2.24, 2.45) is 0 Å². The molecule has 156 valence electrons. The molecule has 3 nitrogen and oxygen atoms in total. The van der Waals surface area contributed by atoms with Crippen LogP contribution in [-0.2, 0) is 11.2 Å². The first kappa shape index (κ1) is 20.9. The van der Waals surface area contributed by atoms with Gasteiger partial charge in [0.25, 0.3) is 0 Å². The molecular formula is C26H29ClN2O. The molecule has 1 amide bonds. The van der Waals surface area contributed by atoms with Gasteiger partial charge in [-0.2, -0.15) is 0 Å². The van der Waals surface area contributed by atoms with Crippen LogP contribution >= 0.6 is 11.6 Å². The molecule has 1 unspecified atom stereocenters. The number of benzene rings is 3. The first-order valence-corrected chi connectivity index (χ1v) is 11.0. The topological polar surface area (TPSA) is 23.6 Å². The van der Waals surface area contributed by atoms with E-state index in [1.54, 1.807) is 0 Å². The van der Waals surface area contributed by atoms with Crippen LogP contribution in [-0.4, -0.2) is 42.4 Å². The zero-order chi connectivity index (χ0) is 21.3. The van der Waals surface area contributed by atoms with E-state index in [2.05, 4.69) is 78.2 Å². The van der Waals surface area contributed by atoms with Crippen molar-refractivity contribution in [3.63, 3.8) is 0 Å². The first-order valence-electron chi connectivity index (χ1n) is 10.7. The number of hydrogen-bond donors (Lipinski definition) is 0. The number of hydrogen-bond acceptors (Lipinski definition) is 2. The molecule has 1 aliphatic rings. The van der Waals surface area contributed by atoms with Crippen molar-refractivity contribution in [1.29, 1.82) is 0 Å². The zero-order valence-electron chi connectivity index (χ0n) is 17.9. The Hall–Kier alpha value is -2.36. The number of halogens is 1. The molecular weight excluding hydrogens is 392 g/mol. The van der Waals surface area contributed by atoms with E-state index in [1.165, 1.54) is 27.5 Å². The van der Waals surface area contributed by atoms with Crippen LogP contribution in [0.2, 0.25) is 5.02 Å². The second-order valence-corrected chi connectivity index (χ2v) is 9.09. The average Bonchev–Trinajstić information content (AvgIpc) is 2.73. The number of nitrogens with zero attached hydrogens (tertiary/aromatic N) is 2. The molecule has 0 aliphatic carbocycles. The van der Waals surface area contributed by atoms with Crippen LogP contribution in [0.5, 0.6) is 0 Å². The lowest BCUT2D eigenvalue weighted by molar-refractivity contribution is -0.139. The van der Waals surface area contributed by atoms with Gasteiger partial charge >= 0.3 is 0 Å². The van der Waals surface area contributed by atoms with E-state index >= 15 is 0 Å². The lowest BCUT2D eigenvalue weighted by Crippen LogP contribution is -2.51. The molecule has 0 spiro atoms. The summed E-state index contributed by atoms with van der Waals surface area (Å²) < 4.78 is 0. The summed E-state index contributed by atoms with van der Waals surface area (Å²) in [6.07, 6.45) is 0.838. The summed E-state index contributed by atoms with van der Waals surface area (Å²) >= 11 is 6.23. The maximum Gasteiger partial charge on any atom is 0.237 e. The van der Waals surface area contributed by atoms with E-state index in [1.807, 2.05) is 13.1 Å². The third kappa shape index (κ3) is 4.38. The molecule has 3 aromatic carbocycles. The minimum atomic E-state index is 0.0654. The Morgan fingerprint density at radius 3 is 2.57 bits per heavy atom. The van der Waals surface area contributed by atoms with Crippen molar-refractivity contribution < 1.29 is 4.79 Å². The summed E-state index contributed by atoms with van der Waals surface area (Å²) in [5, 5.41) is 3.22. The molecule has 1 heterocycles. The van der Waals surface area contributed by atoms with Gasteiger partial charge in [0.05, 0.1) is 12.6 Å². The Morgan fingerprint density at radius 1 is 1.03 bits per heavy atom. The van der Waals surface area contributed by atoms with Crippen LogP contribution in [0.4, 0.5) is 0 Å². The number of carbonyl (C=O) groups excluding carboxylic acids is 1. The summed E-state index contributed by atoms with van der Waals surface area (Å²) in [6.45, 7) is 6.41. The van der Waals surface area contributed by atoms with Crippen molar-refractivity contribution in [1.82, 2.24) is 9.80 Å². The highest BCUT2D eigenvalue weighted by Crippen LogP contribution is 2.30. The SMILES string of the molecule is CC(C)c1cc(Cl)ccc1CCN1C(=O)CN(C)CC1c1ccc2ccccc2c1. The van der Waals surface area contributed by atoms with Crippen molar-refractivity contribution in [3.05, 3.63) is 82.4 Å². The molecule has 0 saturated carbocycles. The van der Waals surface area contributed by atoms with Gasteiger partial charge in [0, 0.05) is 18.1 Å². The van der Waals surface area contributed by atoms with E-state index in [4.69, 9.17) is 11.6 Å². The standard InChI is InChI=1S/C26H29ClN2O/c1-18(2)24-15-23(27)11-10-20(24)12-13-29-25(16-28(3)17-26(29)30)22-9-8-19-6-4-5-7-21(19)14-22/h4-11,14-15,18,25H,12-13,16-17H2,1-3H3. The molecule has 4 heteroatoms. The van der Waals surface area contributed by atoms with Gasteiger partial charge in [-0.3, -0.25) is 9.69 Å². The fraction of sp³-hybridized carbons (Fsp3) is 0.346. The molecule has 3 aromatic rings. The Labute approximate surface area is 184 Å². The molecule has 30 heavy (non-hydrogen) atoms. The Morgan fingerprint density at radius 2 is 1.80 bits per heavy atom. The molecule has 1 atom stereocenters. The van der Waals surface area contributed by atoms with E-state index in [0.29, 0.717) is 19.0 Å². The first-order chi connectivity index (χ1) is 14.4. The van der Waals surface area contributed by atoms with Crippen LogP contribution < -0.4 is 0 Å². The minimum Gasteiger partial charge on any atom is -0.333 e. The molecule has 0 N–H and O–H groups in total. The van der Waals surface area contributed by atoms with E-state index < -0.39 is 0 Å². The maximum absolute atomic E-state index is 13.0. The molecule has 0 bridgehead atoms. The number of amides is 1. The van der Waals surface area contributed by atoms with Gasteiger partial charge in [0.15, 0.2) is 0 Å². The highest BCUT2D eigenvalue weighted by atomic mass is 35.5. The van der Waals surface area contributed by atoms with Crippen molar-refractivity contribution in [3.8, 4) is 0 Å². The Balaban J connectivity index is 1.62. The lowest BCUT2D eigenvalue weighted by atomic mass is 9.94. The summed E-state index contributed by atoms with van der Waals surface area (Å²) in [7, 11) is 2.03. The van der Waals surface area contributed by atoms with Crippen molar-refractivity contribution in [2.45, 2.75) is 32.2 Å². The minimum absolute atomic E-state index is 0.0654. The monoisotopic (exact) mass is 420 g/mol. The normalized spacial score (nSPS) is 17.8. The lowest BCUT2D eigenvalue weighted by Gasteiger charge is -2.40. The maximum atomic E-state index is 13.0. The van der Waals surface area contributed by atoms with E-state index in [0.717, 1.165) is 18.0 Å². The van der Waals surface area contributed by atoms with Gasteiger partial charge in [-0.05, 0) is 65.0 Å². The van der Waals surface area contributed by atoms with Crippen molar-refractivity contribution in [2.75, 3.05) is 26.7 Å². The predicted molar refractivity (Wildman–Crippen MR) is 125 cm³/mol.